The number of guanidine groups is 1. The van der Waals surface area contributed by atoms with E-state index in [0.29, 0.717) is 43.5 Å². The van der Waals surface area contributed by atoms with E-state index < -0.39 is 47.2 Å². The van der Waals surface area contributed by atoms with E-state index in [2.05, 4.69) is 58.2 Å². The summed E-state index contributed by atoms with van der Waals surface area (Å²) in [5.74, 6) is -2.67. The van der Waals surface area contributed by atoms with Gasteiger partial charge in [-0.1, -0.05) is 39.8 Å². The topological polar surface area (TPSA) is 220 Å². The van der Waals surface area contributed by atoms with Crippen LogP contribution in [0.25, 0.3) is 33.3 Å². The van der Waals surface area contributed by atoms with Crippen molar-refractivity contribution >= 4 is 81.0 Å². The van der Waals surface area contributed by atoms with E-state index in [9.17, 15) is 24.3 Å². The molecule has 4 aromatic rings. The molecule has 2 aliphatic heterocycles. The number of aromatic hydroxyl groups is 1. The number of hydrogen-bond donors (Lipinski definition) is 5. The van der Waals surface area contributed by atoms with Gasteiger partial charge in [-0.05, 0) is 90.3 Å². The zero-order chi connectivity index (χ0) is 44.2. The first-order valence-corrected chi connectivity index (χ1v) is 20.8. The van der Waals surface area contributed by atoms with Crippen molar-refractivity contribution in [1.82, 2.24) is 30.2 Å². The zero-order valence-corrected chi connectivity index (χ0v) is 40.7. The van der Waals surface area contributed by atoms with E-state index in [-0.39, 0.29) is 84.2 Å². The standard InChI is InChI=1S/C45H59N9O7.3H2S/c1-8-53-37-12-11-28-20-32(37)33(40(53)34-22-48-14-13-29(34)24-60-7)21-45(4,5)25-61-43(59)35-10-9-15-54(51-35)42(58)36(18-27-16-30(28)19-31(55)17-27)50-41(57)39(26(2)3)52(6)38(56)23-49-44(46)47;;;/h11-14,16-17,19-20,22,26,35-36,39,51,55H,8-10,15,18,21,23-25H2,1-7H3,(H,50,57)(H4,46,47,49);3*1H2/t35-,36-,39-;;;/m0.../s1. The molecule has 19 heteroatoms. The van der Waals surface area contributed by atoms with Gasteiger partial charge in [0, 0.05) is 67.9 Å². The number of fused-ring (bicyclic) bond motifs is 6. The molecule has 2 aromatic heterocycles. The first-order chi connectivity index (χ1) is 29.0. The molecule has 1 fully saturated rings. The Kier molecular flexibility index (Phi) is 19.0. The number of methoxy groups -OCH3 is 1. The van der Waals surface area contributed by atoms with E-state index >= 15 is 0 Å². The molecular formula is C45H65N9O7S3. The monoisotopic (exact) mass is 939 g/mol. The minimum Gasteiger partial charge on any atom is -0.508 e. The molecule has 350 valence electrons. The Morgan fingerprint density at radius 3 is 2.52 bits per heavy atom. The smallest absolute Gasteiger partial charge is 0.324 e. The lowest BCUT2D eigenvalue weighted by molar-refractivity contribution is -0.155. The van der Waals surface area contributed by atoms with Crippen LogP contribution in [-0.2, 0) is 54.6 Å². The van der Waals surface area contributed by atoms with Crippen LogP contribution in [0, 0.1) is 11.3 Å². The maximum absolute atomic E-state index is 14.5. The van der Waals surface area contributed by atoms with Gasteiger partial charge in [0.25, 0.3) is 5.91 Å². The predicted molar refractivity (Wildman–Crippen MR) is 264 cm³/mol. The van der Waals surface area contributed by atoms with Crippen LogP contribution in [0.4, 0.5) is 0 Å². The van der Waals surface area contributed by atoms with Gasteiger partial charge in [0.15, 0.2) is 5.96 Å². The van der Waals surface area contributed by atoms with Gasteiger partial charge in [0.2, 0.25) is 11.8 Å². The third kappa shape index (κ3) is 12.0. The number of hydrazine groups is 1. The molecule has 0 spiro atoms. The highest BCUT2D eigenvalue weighted by atomic mass is 32.1. The molecule has 4 heterocycles. The maximum Gasteiger partial charge on any atom is 0.324 e. The number of phenolic OH excluding ortho intramolecular Hbond substituents is 1. The van der Waals surface area contributed by atoms with Gasteiger partial charge in [-0.15, -0.1) is 0 Å². The quantitative estimate of drug-likeness (QED) is 0.0870. The molecule has 6 bridgehead atoms. The van der Waals surface area contributed by atoms with E-state index in [0.717, 1.165) is 38.9 Å². The second-order valence-electron chi connectivity index (χ2n) is 17.1. The van der Waals surface area contributed by atoms with Crippen molar-refractivity contribution < 1.29 is 33.8 Å². The zero-order valence-electron chi connectivity index (χ0n) is 37.7. The third-order valence-electron chi connectivity index (χ3n) is 11.4. The summed E-state index contributed by atoms with van der Waals surface area (Å²) in [6.45, 7) is 10.9. The van der Waals surface area contributed by atoms with Crippen molar-refractivity contribution in [3.8, 4) is 28.1 Å². The number of phenols is 1. The number of hydrogen-bond acceptors (Lipinski definition) is 10. The Hall–Kier alpha value is -4.95. The van der Waals surface area contributed by atoms with Gasteiger partial charge < -0.3 is 40.8 Å². The predicted octanol–water partition coefficient (Wildman–Crippen LogP) is 3.99. The Bertz CT molecular complexity index is 2330. The summed E-state index contributed by atoms with van der Waals surface area (Å²) >= 11 is 0. The number of benzene rings is 2. The van der Waals surface area contributed by atoms with Crippen LogP contribution in [0.3, 0.4) is 0 Å². The molecule has 6 rings (SSSR count). The van der Waals surface area contributed by atoms with Crippen LogP contribution < -0.4 is 22.2 Å². The summed E-state index contributed by atoms with van der Waals surface area (Å²) in [6.07, 6.45) is 5.10. The fourth-order valence-corrected chi connectivity index (χ4v) is 8.54. The first-order valence-electron chi connectivity index (χ1n) is 20.8. The SMILES string of the molecule is CCn1c(-c2cnccc2COC)c2c3cc(ccc31)-c1cc(O)cc(c1)C[C@H](NC(=O)[C@H](C(C)C)N(C)C(=O)CN=C(N)N)C(=O)N1CCC[C@H](N1)C(=O)OCC(C)(C)C2.S.S.S. The van der Waals surface area contributed by atoms with Crippen molar-refractivity contribution in [2.24, 2.45) is 27.8 Å². The van der Waals surface area contributed by atoms with E-state index in [1.54, 1.807) is 39.3 Å². The number of carbonyl (C=O) groups excluding carboxylic acids is 4. The van der Waals surface area contributed by atoms with Gasteiger partial charge in [-0.2, -0.15) is 40.5 Å². The minimum atomic E-state index is -1.17. The molecule has 2 aliphatic rings. The van der Waals surface area contributed by atoms with Crippen molar-refractivity contribution in [2.75, 3.05) is 33.9 Å². The molecule has 1 saturated heterocycles. The largest absolute Gasteiger partial charge is 0.508 e. The first kappa shape index (κ1) is 53.4. The molecule has 2 aromatic carbocycles. The fourth-order valence-electron chi connectivity index (χ4n) is 8.54. The molecule has 7 N–H and O–H groups in total. The third-order valence-corrected chi connectivity index (χ3v) is 11.4. The van der Waals surface area contributed by atoms with Gasteiger partial charge in [-0.3, -0.25) is 29.2 Å². The average Bonchev–Trinajstić information content (AvgIpc) is 3.52. The summed E-state index contributed by atoms with van der Waals surface area (Å²) < 4.78 is 14.0. The fraction of sp³-hybridized carbons (Fsp3) is 0.467. The van der Waals surface area contributed by atoms with E-state index in [4.69, 9.17) is 20.9 Å². The lowest BCUT2D eigenvalue weighted by atomic mass is 9.84. The van der Waals surface area contributed by atoms with Crippen LogP contribution >= 0.6 is 40.5 Å². The Morgan fingerprint density at radius 1 is 1.11 bits per heavy atom. The normalized spacial score (nSPS) is 17.7. The molecule has 0 radical (unpaired) electrons. The molecule has 16 nitrogen and oxygen atoms in total. The van der Waals surface area contributed by atoms with Crippen molar-refractivity contribution in [1.29, 1.82) is 0 Å². The van der Waals surface area contributed by atoms with Crippen LogP contribution in [0.15, 0.2) is 59.9 Å². The number of esters is 1. The number of amides is 3. The summed E-state index contributed by atoms with van der Waals surface area (Å²) in [7, 11) is 3.16. The number of rotatable bonds is 10. The highest BCUT2D eigenvalue weighted by molar-refractivity contribution is 7.59. The number of pyridine rings is 1. The summed E-state index contributed by atoms with van der Waals surface area (Å²) in [6, 6.07) is 10.4. The van der Waals surface area contributed by atoms with Gasteiger partial charge >= 0.3 is 5.97 Å². The number of aliphatic imine (C=N–C) groups is 1. The van der Waals surface area contributed by atoms with Gasteiger partial charge in [0.1, 0.15) is 30.4 Å². The number of carbonyl (C=O) groups is 4. The molecule has 0 saturated carbocycles. The lowest BCUT2D eigenvalue weighted by Gasteiger charge is -2.36. The van der Waals surface area contributed by atoms with Crippen LogP contribution in [0.2, 0.25) is 0 Å². The minimum absolute atomic E-state index is 0. The number of likely N-dealkylation sites (N-methyl/N-ethyl adjacent to an activating group) is 1. The molecule has 0 unspecified atom stereocenters. The van der Waals surface area contributed by atoms with Crippen molar-refractivity contribution in [2.45, 2.75) is 91.6 Å². The summed E-state index contributed by atoms with van der Waals surface area (Å²) in [4.78, 5) is 65.2. The second kappa shape index (κ2) is 22.8. The van der Waals surface area contributed by atoms with Crippen LogP contribution in [-0.4, -0.2) is 106 Å². The van der Waals surface area contributed by atoms with Crippen molar-refractivity contribution in [3.63, 3.8) is 0 Å². The highest BCUT2D eigenvalue weighted by Gasteiger charge is 2.37. The molecule has 0 aliphatic carbocycles. The summed E-state index contributed by atoms with van der Waals surface area (Å²) in [5.41, 5.74) is 20.6. The van der Waals surface area contributed by atoms with Gasteiger partial charge in [0.05, 0.1) is 18.9 Å². The van der Waals surface area contributed by atoms with Crippen LogP contribution in [0.5, 0.6) is 5.75 Å². The number of aromatic nitrogens is 2. The molecule has 3 amide bonds. The molecule has 3 atom stereocenters. The number of nitrogens with one attached hydrogen (secondary N) is 2. The van der Waals surface area contributed by atoms with E-state index in [1.165, 1.54) is 17.0 Å². The van der Waals surface area contributed by atoms with Crippen molar-refractivity contribution in [3.05, 3.63) is 71.5 Å². The lowest BCUT2D eigenvalue weighted by Crippen LogP contribution is -2.62. The number of nitrogens with two attached hydrogens (primary N) is 2. The summed E-state index contributed by atoms with van der Waals surface area (Å²) in [5, 5.41) is 16.5. The molecule has 64 heavy (non-hydrogen) atoms. The van der Waals surface area contributed by atoms with Crippen LogP contribution in [0.1, 0.15) is 64.2 Å². The Balaban J connectivity index is 0.00000363. The van der Waals surface area contributed by atoms with Gasteiger partial charge in [-0.25, -0.2) is 10.4 Å². The van der Waals surface area contributed by atoms with E-state index in [1.807, 2.05) is 24.4 Å². The second-order valence-corrected chi connectivity index (χ2v) is 17.1. The number of cyclic esters (lactones) is 1. The number of aryl methyl sites for hydroxylation is 1. The molecular weight excluding hydrogens is 875 g/mol. The number of nitrogens with zero attached hydrogens (tertiary/aromatic N) is 5. The Morgan fingerprint density at radius 2 is 1.84 bits per heavy atom. The highest BCUT2D eigenvalue weighted by Crippen LogP contribution is 2.41. The average molecular weight is 940 g/mol. The Labute approximate surface area is 396 Å². The number of ether oxygens (including phenoxy) is 2. The maximum atomic E-state index is 14.5.